The van der Waals surface area contributed by atoms with Gasteiger partial charge in [0.05, 0.1) is 0 Å². The molecular formula is C16H28N2. The Hall–Kier alpha value is -0.860. The number of piperidine rings is 1. The lowest BCUT2D eigenvalue weighted by Gasteiger charge is -2.31. The fourth-order valence-electron chi connectivity index (χ4n) is 2.38. The Balaban J connectivity index is 0.000000771. The average molecular weight is 248 g/mol. The fraction of sp³-hybridized carbons (Fsp3) is 0.625. The van der Waals surface area contributed by atoms with Gasteiger partial charge in [-0.15, -0.1) is 0 Å². The number of rotatable bonds is 4. The summed E-state index contributed by atoms with van der Waals surface area (Å²) in [5.41, 5.74) is 1.45. The van der Waals surface area contributed by atoms with E-state index in [1.54, 1.807) is 0 Å². The molecule has 2 heteroatoms. The highest BCUT2D eigenvalue weighted by Gasteiger charge is 2.16. The molecule has 0 saturated carbocycles. The van der Waals surface area contributed by atoms with Crippen molar-refractivity contribution in [3.8, 4) is 0 Å². The van der Waals surface area contributed by atoms with E-state index in [1.165, 1.54) is 44.5 Å². The molecule has 1 aromatic rings. The first-order valence-corrected chi connectivity index (χ1v) is 7.31. The van der Waals surface area contributed by atoms with Crippen molar-refractivity contribution < 1.29 is 0 Å². The molecule has 1 heterocycles. The fourth-order valence-corrected chi connectivity index (χ4v) is 2.38. The van der Waals surface area contributed by atoms with Gasteiger partial charge in [0, 0.05) is 12.6 Å². The summed E-state index contributed by atoms with van der Waals surface area (Å²) in [5.74, 6) is 0. The van der Waals surface area contributed by atoms with E-state index in [1.807, 2.05) is 13.8 Å². The van der Waals surface area contributed by atoms with Gasteiger partial charge in [-0.05, 0) is 45.0 Å². The van der Waals surface area contributed by atoms with Gasteiger partial charge in [-0.1, -0.05) is 44.2 Å². The summed E-state index contributed by atoms with van der Waals surface area (Å²) in [6.07, 6.45) is 3.76. The Bertz CT molecular complexity index is 291. The second kappa shape index (κ2) is 9.12. The molecule has 0 spiro atoms. The molecule has 1 saturated heterocycles. The van der Waals surface area contributed by atoms with Gasteiger partial charge in [-0.3, -0.25) is 0 Å². The highest BCUT2D eigenvalue weighted by Crippen LogP contribution is 2.10. The zero-order valence-electron chi connectivity index (χ0n) is 12.2. The molecule has 102 valence electrons. The second-order valence-corrected chi connectivity index (χ2v) is 4.70. The van der Waals surface area contributed by atoms with Crippen molar-refractivity contribution in [2.75, 3.05) is 26.7 Å². The lowest BCUT2D eigenvalue weighted by atomic mass is 10.0. The summed E-state index contributed by atoms with van der Waals surface area (Å²) in [6, 6.07) is 11.6. The standard InChI is InChI=1S/C14H22N2.C2H6/c1-16(14-7-10-15-11-8-14)12-9-13-5-3-2-4-6-13;1-2/h2-6,14-15H,7-12H2,1H3;1-2H3. The smallest absolute Gasteiger partial charge is 0.0116 e. The minimum atomic E-state index is 0.782. The van der Waals surface area contributed by atoms with Crippen LogP contribution < -0.4 is 5.32 Å². The van der Waals surface area contributed by atoms with Gasteiger partial charge in [0.2, 0.25) is 0 Å². The molecule has 0 unspecified atom stereocenters. The molecule has 0 aromatic heterocycles. The zero-order valence-corrected chi connectivity index (χ0v) is 12.2. The lowest BCUT2D eigenvalue weighted by Crippen LogP contribution is -2.41. The Kier molecular flexibility index (Phi) is 7.70. The maximum absolute atomic E-state index is 3.42. The topological polar surface area (TPSA) is 15.3 Å². The van der Waals surface area contributed by atoms with Crippen LogP contribution in [0.4, 0.5) is 0 Å². The highest BCUT2D eigenvalue weighted by atomic mass is 15.1. The number of hydrogen-bond acceptors (Lipinski definition) is 2. The summed E-state index contributed by atoms with van der Waals surface area (Å²) < 4.78 is 0. The van der Waals surface area contributed by atoms with Gasteiger partial charge in [0.1, 0.15) is 0 Å². The van der Waals surface area contributed by atoms with Crippen molar-refractivity contribution >= 4 is 0 Å². The van der Waals surface area contributed by atoms with Crippen molar-refractivity contribution in [3.63, 3.8) is 0 Å². The van der Waals surface area contributed by atoms with Crippen LogP contribution in [0.3, 0.4) is 0 Å². The first-order chi connectivity index (χ1) is 8.86. The van der Waals surface area contributed by atoms with Gasteiger partial charge in [0.25, 0.3) is 0 Å². The number of nitrogens with zero attached hydrogens (tertiary/aromatic N) is 1. The molecule has 2 rings (SSSR count). The number of hydrogen-bond donors (Lipinski definition) is 1. The molecule has 0 radical (unpaired) electrons. The van der Waals surface area contributed by atoms with E-state index in [9.17, 15) is 0 Å². The van der Waals surface area contributed by atoms with Gasteiger partial charge in [-0.25, -0.2) is 0 Å². The lowest BCUT2D eigenvalue weighted by molar-refractivity contribution is 0.201. The predicted molar refractivity (Wildman–Crippen MR) is 80.0 cm³/mol. The summed E-state index contributed by atoms with van der Waals surface area (Å²) in [5, 5.41) is 3.42. The minimum Gasteiger partial charge on any atom is -0.317 e. The van der Waals surface area contributed by atoms with Gasteiger partial charge in [-0.2, -0.15) is 0 Å². The van der Waals surface area contributed by atoms with Gasteiger partial charge in [0.15, 0.2) is 0 Å². The van der Waals surface area contributed by atoms with Crippen LogP contribution in [0, 0.1) is 0 Å². The summed E-state index contributed by atoms with van der Waals surface area (Å²) in [6.45, 7) is 7.54. The summed E-state index contributed by atoms with van der Waals surface area (Å²) >= 11 is 0. The predicted octanol–water partition coefficient (Wildman–Crippen LogP) is 2.94. The maximum Gasteiger partial charge on any atom is 0.0116 e. The molecule has 1 aliphatic heterocycles. The molecule has 18 heavy (non-hydrogen) atoms. The minimum absolute atomic E-state index is 0.782. The maximum atomic E-state index is 3.42. The van der Waals surface area contributed by atoms with E-state index in [0.717, 1.165) is 6.04 Å². The van der Waals surface area contributed by atoms with E-state index in [4.69, 9.17) is 0 Å². The van der Waals surface area contributed by atoms with E-state index < -0.39 is 0 Å². The highest BCUT2D eigenvalue weighted by molar-refractivity contribution is 5.14. The van der Waals surface area contributed by atoms with Crippen molar-refractivity contribution in [1.29, 1.82) is 0 Å². The third-order valence-corrected chi connectivity index (χ3v) is 3.53. The van der Waals surface area contributed by atoms with Crippen molar-refractivity contribution in [2.45, 2.75) is 39.2 Å². The van der Waals surface area contributed by atoms with Crippen LogP contribution in [0.5, 0.6) is 0 Å². The second-order valence-electron chi connectivity index (χ2n) is 4.70. The van der Waals surface area contributed by atoms with Crippen LogP contribution in [-0.4, -0.2) is 37.6 Å². The molecule has 1 aliphatic rings. The van der Waals surface area contributed by atoms with Crippen LogP contribution in [0.1, 0.15) is 32.3 Å². The molecule has 0 amide bonds. The van der Waals surface area contributed by atoms with Crippen LogP contribution in [0.15, 0.2) is 30.3 Å². The summed E-state index contributed by atoms with van der Waals surface area (Å²) in [4.78, 5) is 2.52. The van der Waals surface area contributed by atoms with E-state index in [0.29, 0.717) is 0 Å². The van der Waals surface area contributed by atoms with Gasteiger partial charge < -0.3 is 10.2 Å². The van der Waals surface area contributed by atoms with Crippen molar-refractivity contribution in [1.82, 2.24) is 10.2 Å². The first-order valence-electron chi connectivity index (χ1n) is 7.31. The number of benzene rings is 1. The third kappa shape index (κ3) is 5.19. The molecule has 1 aromatic carbocycles. The van der Waals surface area contributed by atoms with Crippen LogP contribution in [0.25, 0.3) is 0 Å². The normalized spacial score (nSPS) is 16.2. The van der Waals surface area contributed by atoms with Gasteiger partial charge >= 0.3 is 0 Å². The van der Waals surface area contributed by atoms with E-state index >= 15 is 0 Å². The Morgan fingerprint density at radius 2 is 1.72 bits per heavy atom. The monoisotopic (exact) mass is 248 g/mol. The molecule has 2 nitrogen and oxygen atoms in total. The molecule has 0 atom stereocenters. The molecule has 0 aliphatic carbocycles. The number of likely N-dealkylation sites (N-methyl/N-ethyl adjacent to an activating group) is 1. The third-order valence-electron chi connectivity index (χ3n) is 3.53. The van der Waals surface area contributed by atoms with Crippen LogP contribution in [-0.2, 0) is 6.42 Å². The Labute approximate surface area is 112 Å². The molecule has 1 fully saturated rings. The number of nitrogens with one attached hydrogen (secondary N) is 1. The SMILES string of the molecule is CC.CN(CCc1ccccc1)C1CCNCC1. The molecule has 0 bridgehead atoms. The van der Waals surface area contributed by atoms with E-state index in [2.05, 4.69) is 47.6 Å². The Morgan fingerprint density at radius 3 is 2.33 bits per heavy atom. The Morgan fingerprint density at radius 1 is 1.11 bits per heavy atom. The van der Waals surface area contributed by atoms with Crippen LogP contribution in [0.2, 0.25) is 0 Å². The molecular weight excluding hydrogens is 220 g/mol. The molecule has 1 N–H and O–H groups in total. The quantitative estimate of drug-likeness (QED) is 0.881. The van der Waals surface area contributed by atoms with Crippen LogP contribution >= 0.6 is 0 Å². The van der Waals surface area contributed by atoms with Crippen molar-refractivity contribution in [3.05, 3.63) is 35.9 Å². The van der Waals surface area contributed by atoms with E-state index in [-0.39, 0.29) is 0 Å². The zero-order chi connectivity index (χ0) is 13.2. The summed E-state index contributed by atoms with van der Waals surface area (Å²) in [7, 11) is 2.26. The largest absolute Gasteiger partial charge is 0.317 e. The van der Waals surface area contributed by atoms with Crippen molar-refractivity contribution in [2.24, 2.45) is 0 Å². The first kappa shape index (κ1) is 15.2. The average Bonchev–Trinajstić information content (AvgIpc) is 2.49.